The van der Waals surface area contributed by atoms with Crippen LogP contribution in [0.25, 0.3) is 0 Å². The molecule has 0 spiro atoms. The van der Waals surface area contributed by atoms with Crippen molar-refractivity contribution in [3.05, 3.63) is 29.8 Å². The molecule has 0 unspecified atom stereocenters. The Balaban J connectivity index is 2.11. The third-order valence-corrected chi connectivity index (χ3v) is 3.36. The number of hydrogen-bond donors (Lipinski definition) is 1. The smallest absolute Gasteiger partial charge is 0.255 e. The van der Waals surface area contributed by atoms with Gasteiger partial charge in [-0.15, -0.1) is 0 Å². The molecule has 1 fully saturated rings. The number of methoxy groups -OCH3 is 1. The van der Waals surface area contributed by atoms with Crippen molar-refractivity contribution in [1.82, 2.24) is 5.32 Å². The normalized spacial score (nSPS) is 18.1. The van der Waals surface area contributed by atoms with E-state index in [0.29, 0.717) is 24.5 Å². The molecule has 1 heterocycles. The summed E-state index contributed by atoms with van der Waals surface area (Å²) in [6, 6.07) is 7.26. The van der Waals surface area contributed by atoms with Gasteiger partial charge in [-0.25, -0.2) is 0 Å². The van der Waals surface area contributed by atoms with Gasteiger partial charge in [0.25, 0.3) is 5.91 Å². The molecular formula is C14H19NO3. The molecule has 18 heavy (non-hydrogen) atoms. The van der Waals surface area contributed by atoms with E-state index in [4.69, 9.17) is 9.47 Å². The zero-order valence-electron chi connectivity index (χ0n) is 10.9. The fraction of sp³-hybridized carbons (Fsp3) is 0.500. The first-order chi connectivity index (χ1) is 8.64. The maximum atomic E-state index is 12.3. The summed E-state index contributed by atoms with van der Waals surface area (Å²) in [7, 11) is 1.57. The fourth-order valence-corrected chi connectivity index (χ4v) is 2.12. The maximum absolute atomic E-state index is 12.3. The predicted octanol–water partition coefficient (Wildman–Crippen LogP) is 1.99. The fourth-order valence-electron chi connectivity index (χ4n) is 2.12. The van der Waals surface area contributed by atoms with Gasteiger partial charge in [-0.3, -0.25) is 4.79 Å². The van der Waals surface area contributed by atoms with E-state index < -0.39 is 0 Å². The van der Waals surface area contributed by atoms with Crippen LogP contribution in [0.1, 0.15) is 30.1 Å². The molecule has 98 valence electrons. The lowest BCUT2D eigenvalue weighted by molar-refractivity contribution is 0.0422. The van der Waals surface area contributed by atoms with E-state index >= 15 is 0 Å². The van der Waals surface area contributed by atoms with Crippen molar-refractivity contribution < 1.29 is 14.3 Å². The molecule has 0 bridgehead atoms. The molecule has 1 aliphatic heterocycles. The van der Waals surface area contributed by atoms with E-state index in [1.165, 1.54) is 0 Å². The second kappa shape index (κ2) is 5.40. The zero-order valence-corrected chi connectivity index (χ0v) is 10.9. The average Bonchev–Trinajstić information content (AvgIpc) is 2.39. The van der Waals surface area contributed by atoms with Gasteiger partial charge in [-0.2, -0.15) is 0 Å². The SMILES string of the molecule is COc1ccccc1C(=O)NC1(C)CCOCC1. The largest absolute Gasteiger partial charge is 0.496 e. The molecule has 0 aromatic heterocycles. The quantitative estimate of drug-likeness (QED) is 0.891. The van der Waals surface area contributed by atoms with Gasteiger partial charge >= 0.3 is 0 Å². The summed E-state index contributed by atoms with van der Waals surface area (Å²) >= 11 is 0. The van der Waals surface area contributed by atoms with Crippen molar-refractivity contribution in [1.29, 1.82) is 0 Å². The van der Waals surface area contributed by atoms with Gasteiger partial charge in [0.1, 0.15) is 5.75 Å². The number of carbonyl (C=O) groups excluding carboxylic acids is 1. The van der Waals surface area contributed by atoms with Crippen LogP contribution >= 0.6 is 0 Å². The molecule has 2 rings (SSSR count). The third kappa shape index (κ3) is 2.82. The number of carbonyl (C=O) groups is 1. The Bertz CT molecular complexity index is 425. The van der Waals surface area contributed by atoms with Crippen LogP contribution in [-0.4, -0.2) is 31.8 Å². The van der Waals surface area contributed by atoms with Crippen molar-refractivity contribution in [3.8, 4) is 5.75 Å². The summed E-state index contributed by atoms with van der Waals surface area (Å²) in [5, 5.41) is 3.09. The lowest BCUT2D eigenvalue weighted by Gasteiger charge is -2.34. The Labute approximate surface area is 107 Å². The molecular weight excluding hydrogens is 230 g/mol. The summed E-state index contributed by atoms with van der Waals surface area (Å²) in [5.41, 5.74) is 0.392. The monoisotopic (exact) mass is 249 g/mol. The number of ether oxygens (including phenoxy) is 2. The highest BCUT2D eigenvalue weighted by Crippen LogP contribution is 2.23. The average molecular weight is 249 g/mol. The maximum Gasteiger partial charge on any atom is 0.255 e. The summed E-state index contributed by atoms with van der Waals surface area (Å²) in [5.74, 6) is 0.516. The van der Waals surface area contributed by atoms with Crippen LogP contribution in [0.15, 0.2) is 24.3 Å². The molecule has 1 saturated heterocycles. The van der Waals surface area contributed by atoms with E-state index in [1.54, 1.807) is 19.2 Å². The molecule has 4 heteroatoms. The summed E-state index contributed by atoms with van der Waals surface area (Å²) in [6.45, 7) is 3.45. The molecule has 1 amide bonds. The summed E-state index contributed by atoms with van der Waals surface area (Å²) < 4.78 is 10.5. The van der Waals surface area contributed by atoms with E-state index in [-0.39, 0.29) is 11.4 Å². The Morgan fingerprint density at radius 1 is 1.33 bits per heavy atom. The number of rotatable bonds is 3. The van der Waals surface area contributed by atoms with Crippen molar-refractivity contribution >= 4 is 5.91 Å². The van der Waals surface area contributed by atoms with Gasteiger partial charge in [0.05, 0.1) is 12.7 Å². The number of nitrogens with one attached hydrogen (secondary N) is 1. The Morgan fingerprint density at radius 3 is 2.67 bits per heavy atom. The summed E-state index contributed by atoms with van der Waals surface area (Å²) in [4.78, 5) is 12.3. The topological polar surface area (TPSA) is 47.6 Å². The number of benzene rings is 1. The highest BCUT2D eigenvalue weighted by molar-refractivity contribution is 5.97. The van der Waals surface area contributed by atoms with Crippen molar-refractivity contribution in [3.63, 3.8) is 0 Å². The van der Waals surface area contributed by atoms with E-state index in [1.807, 2.05) is 12.1 Å². The number of para-hydroxylation sites is 1. The van der Waals surface area contributed by atoms with Gasteiger partial charge < -0.3 is 14.8 Å². The molecule has 0 atom stereocenters. The van der Waals surface area contributed by atoms with Crippen molar-refractivity contribution in [2.75, 3.05) is 20.3 Å². The first-order valence-electron chi connectivity index (χ1n) is 6.18. The summed E-state index contributed by atoms with van der Waals surface area (Å²) in [6.07, 6.45) is 1.68. The molecule has 0 radical (unpaired) electrons. The molecule has 1 aromatic rings. The molecule has 4 nitrogen and oxygen atoms in total. The first kappa shape index (κ1) is 12.9. The van der Waals surface area contributed by atoms with E-state index in [2.05, 4.69) is 12.2 Å². The van der Waals surface area contributed by atoms with Gasteiger partial charge in [0, 0.05) is 18.8 Å². The molecule has 1 aliphatic rings. The van der Waals surface area contributed by atoms with E-state index in [9.17, 15) is 4.79 Å². The Morgan fingerprint density at radius 2 is 2.00 bits per heavy atom. The van der Waals surface area contributed by atoms with Crippen LogP contribution in [0.3, 0.4) is 0 Å². The molecule has 0 saturated carbocycles. The molecule has 1 N–H and O–H groups in total. The second-order valence-electron chi connectivity index (χ2n) is 4.83. The number of hydrogen-bond acceptors (Lipinski definition) is 3. The third-order valence-electron chi connectivity index (χ3n) is 3.36. The predicted molar refractivity (Wildman–Crippen MR) is 68.9 cm³/mol. The zero-order chi connectivity index (χ0) is 13.0. The highest BCUT2D eigenvalue weighted by Gasteiger charge is 2.29. The minimum atomic E-state index is -0.184. The Hall–Kier alpha value is -1.55. The lowest BCUT2D eigenvalue weighted by Crippen LogP contribution is -2.49. The minimum absolute atomic E-state index is 0.0862. The molecule has 1 aromatic carbocycles. The number of amides is 1. The standard InChI is InChI=1S/C14H19NO3/c1-14(7-9-18-10-8-14)15-13(16)11-5-3-4-6-12(11)17-2/h3-6H,7-10H2,1-2H3,(H,15,16). The van der Waals surface area contributed by atoms with Crippen LogP contribution < -0.4 is 10.1 Å². The van der Waals surface area contributed by atoms with Gasteiger partial charge in [0.2, 0.25) is 0 Å². The van der Waals surface area contributed by atoms with Crippen molar-refractivity contribution in [2.24, 2.45) is 0 Å². The van der Waals surface area contributed by atoms with Crippen LogP contribution in [0.5, 0.6) is 5.75 Å². The van der Waals surface area contributed by atoms with Crippen LogP contribution in [0, 0.1) is 0 Å². The van der Waals surface area contributed by atoms with E-state index in [0.717, 1.165) is 12.8 Å². The second-order valence-corrected chi connectivity index (χ2v) is 4.83. The minimum Gasteiger partial charge on any atom is -0.496 e. The van der Waals surface area contributed by atoms with Crippen LogP contribution in [0.4, 0.5) is 0 Å². The Kier molecular flexibility index (Phi) is 3.87. The lowest BCUT2D eigenvalue weighted by atomic mass is 9.92. The van der Waals surface area contributed by atoms with Gasteiger partial charge in [0.15, 0.2) is 0 Å². The van der Waals surface area contributed by atoms with Crippen LogP contribution in [0.2, 0.25) is 0 Å². The first-order valence-corrected chi connectivity index (χ1v) is 6.18. The molecule has 0 aliphatic carbocycles. The van der Waals surface area contributed by atoms with Crippen LogP contribution in [-0.2, 0) is 4.74 Å². The van der Waals surface area contributed by atoms with Gasteiger partial charge in [-0.1, -0.05) is 12.1 Å². The highest BCUT2D eigenvalue weighted by atomic mass is 16.5. The van der Waals surface area contributed by atoms with Gasteiger partial charge in [-0.05, 0) is 31.9 Å². The van der Waals surface area contributed by atoms with Crippen molar-refractivity contribution in [2.45, 2.75) is 25.3 Å².